The molecule has 0 saturated heterocycles. The van der Waals surface area contributed by atoms with Crippen molar-refractivity contribution in [2.75, 3.05) is 0 Å². The quantitative estimate of drug-likeness (QED) is 0.653. The number of rotatable bonds is 2. The lowest BCUT2D eigenvalue weighted by Gasteiger charge is -2.04. The molecule has 0 spiro atoms. The molecule has 0 aromatic carbocycles. The van der Waals surface area contributed by atoms with Gasteiger partial charge >= 0.3 is 0 Å². The summed E-state index contributed by atoms with van der Waals surface area (Å²) in [5.41, 5.74) is 0.507. The van der Waals surface area contributed by atoms with Crippen LogP contribution in [0.15, 0.2) is 18.7 Å². The van der Waals surface area contributed by atoms with E-state index in [4.69, 9.17) is 0 Å². The molecule has 4 heteroatoms. The maximum absolute atomic E-state index is 11.8. The number of hydrogen-bond acceptors (Lipinski definition) is 4. The van der Waals surface area contributed by atoms with E-state index in [0.717, 1.165) is 0 Å². The predicted molar refractivity (Wildman–Crippen MR) is 48.7 cm³/mol. The maximum Gasteiger partial charge on any atom is 0.169 e. The highest BCUT2D eigenvalue weighted by Crippen LogP contribution is 2.25. The average molecular weight is 190 g/mol. The molecule has 1 fully saturated rings. The minimum atomic E-state index is -0.145. The van der Waals surface area contributed by atoms with Crippen LogP contribution in [0.25, 0.3) is 0 Å². The van der Waals surface area contributed by atoms with Gasteiger partial charge in [-0.2, -0.15) is 0 Å². The van der Waals surface area contributed by atoms with Gasteiger partial charge < -0.3 is 0 Å². The zero-order valence-electron chi connectivity index (χ0n) is 7.64. The monoisotopic (exact) mass is 190 g/mol. The molecule has 72 valence electrons. The molecule has 0 radical (unpaired) electrons. The van der Waals surface area contributed by atoms with Gasteiger partial charge in [0.25, 0.3) is 0 Å². The van der Waals surface area contributed by atoms with Crippen molar-refractivity contribution in [3.63, 3.8) is 0 Å². The number of hydrogen-bond donors (Lipinski definition) is 0. The number of Topliss-reactive ketones (excluding diaryl/α,β-unsaturated/α-hetero) is 2. The van der Waals surface area contributed by atoms with Crippen molar-refractivity contribution in [1.29, 1.82) is 0 Å². The SMILES string of the molecule is O=C1CCC(C(=O)c2cncnc2)C1. The highest BCUT2D eigenvalue weighted by molar-refractivity contribution is 6.01. The first kappa shape index (κ1) is 8.99. The molecule has 1 aromatic heterocycles. The molecule has 1 atom stereocenters. The standard InChI is InChI=1S/C10H10N2O2/c13-9-2-1-7(3-9)10(14)8-4-11-6-12-5-8/h4-7H,1-3H2. The van der Waals surface area contributed by atoms with Crippen LogP contribution in [-0.4, -0.2) is 21.5 Å². The first-order chi connectivity index (χ1) is 6.77. The van der Waals surface area contributed by atoms with Gasteiger partial charge in [-0.15, -0.1) is 0 Å². The van der Waals surface area contributed by atoms with Gasteiger partial charge in [0.05, 0.1) is 5.56 Å². The molecule has 1 aromatic rings. The molecule has 1 saturated carbocycles. The molecule has 2 rings (SSSR count). The fourth-order valence-corrected chi connectivity index (χ4v) is 1.70. The third-order valence-corrected chi connectivity index (χ3v) is 2.46. The van der Waals surface area contributed by atoms with E-state index >= 15 is 0 Å². The Kier molecular flexibility index (Phi) is 2.35. The van der Waals surface area contributed by atoms with Crippen molar-refractivity contribution in [1.82, 2.24) is 9.97 Å². The van der Waals surface area contributed by atoms with E-state index in [0.29, 0.717) is 24.8 Å². The zero-order valence-corrected chi connectivity index (χ0v) is 7.64. The molecule has 0 aliphatic heterocycles. The fraction of sp³-hybridized carbons (Fsp3) is 0.400. The summed E-state index contributed by atoms with van der Waals surface area (Å²) >= 11 is 0. The van der Waals surface area contributed by atoms with Crippen molar-refractivity contribution in [2.45, 2.75) is 19.3 Å². The number of carbonyl (C=O) groups is 2. The van der Waals surface area contributed by atoms with Crippen molar-refractivity contribution in [3.8, 4) is 0 Å². The molecular weight excluding hydrogens is 180 g/mol. The second kappa shape index (κ2) is 3.65. The van der Waals surface area contributed by atoms with E-state index < -0.39 is 0 Å². The van der Waals surface area contributed by atoms with Crippen LogP contribution in [0, 0.1) is 5.92 Å². The summed E-state index contributed by atoms with van der Waals surface area (Å²) in [6, 6.07) is 0. The Morgan fingerprint density at radius 2 is 2.07 bits per heavy atom. The summed E-state index contributed by atoms with van der Waals surface area (Å²) in [7, 11) is 0. The van der Waals surface area contributed by atoms with Gasteiger partial charge in [0, 0.05) is 31.2 Å². The zero-order chi connectivity index (χ0) is 9.97. The number of nitrogens with zero attached hydrogens (tertiary/aromatic N) is 2. The highest BCUT2D eigenvalue weighted by atomic mass is 16.1. The second-order valence-corrected chi connectivity index (χ2v) is 3.47. The molecular formula is C10H10N2O2. The summed E-state index contributed by atoms with van der Waals surface area (Å²) in [4.78, 5) is 30.3. The molecule has 0 amide bonds. The van der Waals surface area contributed by atoms with Gasteiger partial charge in [0.15, 0.2) is 5.78 Å². The Hall–Kier alpha value is -1.58. The molecule has 1 aliphatic rings. The minimum Gasteiger partial charge on any atom is -0.300 e. The Morgan fingerprint density at radius 3 is 2.64 bits per heavy atom. The topological polar surface area (TPSA) is 59.9 Å². The van der Waals surface area contributed by atoms with Gasteiger partial charge in [-0.1, -0.05) is 0 Å². The third-order valence-electron chi connectivity index (χ3n) is 2.46. The smallest absolute Gasteiger partial charge is 0.169 e. The van der Waals surface area contributed by atoms with Gasteiger partial charge in [0.1, 0.15) is 12.1 Å². The van der Waals surface area contributed by atoms with Crippen molar-refractivity contribution in [2.24, 2.45) is 5.92 Å². The number of aromatic nitrogens is 2. The van der Waals surface area contributed by atoms with Gasteiger partial charge in [-0.25, -0.2) is 9.97 Å². The Bertz CT molecular complexity index is 362. The van der Waals surface area contributed by atoms with Crippen LogP contribution in [0.5, 0.6) is 0 Å². The second-order valence-electron chi connectivity index (χ2n) is 3.47. The van der Waals surface area contributed by atoms with Crippen molar-refractivity contribution in [3.05, 3.63) is 24.3 Å². The molecule has 14 heavy (non-hydrogen) atoms. The summed E-state index contributed by atoms with van der Waals surface area (Å²) in [6.45, 7) is 0. The van der Waals surface area contributed by atoms with Crippen LogP contribution >= 0.6 is 0 Å². The van der Waals surface area contributed by atoms with E-state index in [1.54, 1.807) is 0 Å². The molecule has 1 unspecified atom stereocenters. The van der Waals surface area contributed by atoms with Gasteiger partial charge in [-0.3, -0.25) is 9.59 Å². The Labute approximate surface area is 81.4 Å². The molecule has 0 N–H and O–H groups in total. The van der Waals surface area contributed by atoms with Crippen LogP contribution in [0.4, 0.5) is 0 Å². The van der Waals surface area contributed by atoms with E-state index in [1.165, 1.54) is 18.7 Å². The van der Waals surface area contributed by atoms with E-state index in [-0.39, 0.29) is 17.5 Å². The first-order valence-corrected chi connectivity index (χ1v) is 4.58. The van der Waals surface area contributed by atoms with Crippen LogP contribution in [0.2, 0.25) is 0 Å². The molecule has 4 nitrogen and oxygen atoms in total. The molecule has 0 bridgehead atoms. The van der Waals surface area contributed by atoms with E-state index in [2.05, 4.69) is 9.97 Å². The lowest BCUT2D eigenvalue weighted by Crippen LogP contribution is -2.12. The Morgan fingerprint density at radius 1 is 1.36 bits per heavy atom. The molecule has 1 heterocycles. The van der Waals surface area contributed by atoms with Crippen LogP contribution in [0.1, 0.15) is 29.6 Å². The number of ketones is 2. The number of carbonyl (C=O) groups excluding carboxylic acids is 2. The lowest BCUT2D eigenvalue weighted by molar-refractivity contribution is -0.117. The summed E-state index contributed by atoms with van der Waals surface area (Å²) in [5, 5.41) is 0. The maximum atomic E-state index is 11.8. The van der Waals surface area contributed by atoms with Crippen LogP contribution in [-0.2, 0) is 4.79 Å². The normalized spacial score (nSPS) is 21.1. The largest absolute Gasteiger partial charge is 0.300 e. The summed E-state index contributed by atoms with van der Waals surface area (Å²) in [6.07, 6.45) is 5.97. The first-order valence-electron chi connectivity index (χ1n) is 4.58. The van der Waals surface area contributed by atoms with Crippen molar-refractivity contribution < 1.29 is 9.59 Å². The van der Waals surface area contributed by atoms with Crippen LogP contribution in [0.3, 0.4) is 0 Å². The summed E-state index contributed by atoms with van der Waals surface area (Å²) in [5.74, 6) is 0.0325. The third kappa shape index (κ3) is 1.69. The predicted octanol–water partition coefficient (Wildman–Crippen LogP) is 1.03. The van der Waals surface area contributed by atoms with Gasteiger partial charge in [-0.05, 0) is 6.42 Å². The molecule has 1 aliphatic carbocycles. The average Bonchev–Trinajstić information content (AvgIpc) is 2.65. The van der Waals surface area contributed by atoms with Crippen LogP contribution < -0.4 is 0 Å². The van der Waals surface area contributed by atoms with E-state index in [9.17, 15) is 9.59 Å². The minimum absolute atomic E-state index is 0.00329. The summed E-state index contributed by atoms with van der Waals surface area (Å²) < 4.78 is 0. The highest BCUT2D eigenvalue weighted by Gasteiger charge is 2.28. The fourth-order valence-electron chi connectivity index (χ4n) is 1.70. The van der Waals surface area contributed by atoms with Gasteiger partial charge in [0.2, 0.25) is 0 Å². The van der Waals surface area contributed by atoms with E-state index in [1.807, 2.05) is 0 Å². The van der Waals surface area contributed by atoms with Crippen molar-refractivity contribution >= 4 is 11.6 Å². The Balaban J connectivity index is 2.13. The lowest BCUT2D eigenvalue weighted by atomic mass is 9.98.